The van der Waals surface area contributed by atoms with Crippen molar-refractivity contribution >= 4 is 5.69 Å². The zero-order valence-corrected chi connectivity index (χ0v) is 15.9. The van der Waals surface area contributed by atoms with Crippen molar-refractivity contribution in [1.29, 1.82) is 0 Å². The van der Waals surface area contributed by atoms with E-state index in [0.29, 0.717) is 12.2 Å². The highest BCUT2D eigenvalue weighted by Gasteiger charge is 2.34. The van der Waals surface area contributed by atoms with Gasteiger partial charge < -0.3 is 25.4 Å². The Labute approximate surface area is 165 Å². The molecule has 2 aromatic carbocycles. The summed E-state index contributed by atoms with van der Waals surface area (Å²) in [6.45, 7) is 2.38. The van der Waals surface area contributed by atoms with Crippen LogP contribution in [-0.4, -0.2) is 47.0 Å². The van der Waals surface area contributed by atoms with E-state index in [0.717, 1.165) is 42.6 Å². The van der Waals surface area contributed by atoms with Crippen molar-refractivity contribution in [2.24, 2.45) is 0 Å². The van der Waals surface area contributed by atoms with Gasteiger partial charge in [-0.2, -0.15) is 0 Å². The van der Waals surface area contributed by atoms with Crippen LogP contribution in [0.25, 0.3) is 0 Å². The Bertz CT molecular complexity index is 782. The normalized spacial score (nSPS) is 28.5. The summed E-state index contributed by atoms with van der Waals surface area (Å²) in [5, 5.41) is 19.1. The van der Waals surface area contributed by atoms with E-state index in [1.165, 1.54) is 0 Å². The molecule has 2 heterocycles. The summed E-state index contributed by atoms with van der Waals surface area (Å²) in [7, 11) is 0. The summed E-state index contributed by atoms with van der Waals surface area (Å²) in [6.07, 6.45) is 0.708. The second-order valence-corrected chi connectivity index (χ2v) is 7.72. The van der Waals surface area contributed by atoms with E-state index in [1.807, 2.05) is 48.5 Å². The molecule has 4 rings (SSSR count). The SMILES string of the molecule is Nc1cccc(C2O[C@H](CN3CC[C@@H](O)C3)C[C@H](c3ccc(CO)cc3)O2)c1. The van der Waals surface area contributed by atoms with Crippen LogP contribution < -0.4 is 5.73 Å². The van der Waals surface area contributed by atoms with Gasteiger partial charge in [0.25, 0.3) is 0 Å². The van der Waals surface area contributed by atoms with Crippen LogP contribution in [0.1, 0.15) is 41.9 Å². The molecule has 1 unspecified atom stereocenters. The first kappa shape index (κ1) is 19.4. The molecule has 2 saturated heterocycles. The highest BCUT2D eigenvalue weighted by atomic mass is 16.7. The smallest absolute Gasteiger partial charge is 0.185 e. The Balaban J connectivity index is 1.54. The first-order valence-electron chi connectivity index (χ1n) is 9.87. The molecule has 0 spiro atoms. The van der Waals surface area contributed by atoms with Gasteiger partial charge in [-0.15, -0.1) is 0 Å². The van der Waals surface area contributed by atoms with Gasteiger partial charge in [0, 0.05) is 37.3 Å². The van der Waals surface area contributed by atoms with Gasteiger partial charge in [0.2, 0.25) is 0 Å². The Kier molecular flexibility index (Phi) is 5.94. The molecule has 2 aliphatic rings. The number of rotatable bonds is 5. The lowest BCUT2D eigenvalue weighted by Gasteiger charge is -2.37. The van der Waals surface area contributed by atoms with E-state index in [1.54, 1.807) is 0 Å². The maximum absolute atomic E-state index is 9.83. The van der Waals surface area contributed by atoms with Crippen molar-refractivity contribution in [2.75, 3.05) is 25.4 Å². The molecule has 4 atom stereocenters. The van der Waals surface area contributed by atoms with E-state index < -0.39 is 6.29 Å². The maximum Gasteiger partial charge on any atom is 0.185 e. The van der Waals surface area contributed by atoms with E-state index in [9.17, 15) is 10.2 Å². The minimum atomic E-state index is -0.489. The van der Waals surface area contributed by atoms with E-state index in [4.69, 9.17) is 15.2 Å². The van der Waals surface area contributed by atoms with Crippen LogP contribution in [-0.2, 0) is 16.1 Å². The number of hydrogen-bond donors (Lipinski definition) is 3. The lowest BCUT2D eigenvalue weighted by atomic mass is 9.99. The molecule has 2 aliphatic heterocycles. The van der Waals surface area contributed by atoms with Crippen LogP contribution in [0.4, 0.5) is 5.69 Å². The number of nitrogens with two attached hydrogens (primary N) is 1. The molecule has 0 saturated carbocycles. The van der Waals surface area contributed by atoms with Gasteiger partial charge in [-0.25, -0.2) is 0 Å². The minimum Gasteiger partial charge on any atom is -0.399 e. The number of aliphatic hydroxyl groups is 2. The summed E-state index contributed by atoms with van der Waals surface area (Å²) in [5.74, 6) is 0. The quantitative estimate of drug-likeness (QED) is 0.686. The molecule has 0 bridgehead atoms. The average molecular weight is 384 g/mol. The zero-order valence-electron chi connectivity index (χ0n) is 15.9. The third-order valence-electron chi connectivity index (χ3n) is 5.51. The molecular weight excluding hydrogens is 356 g/mol. The van der Waals surface area contributed by atoms with Crippen LogP contribution >= 0.6 is 0 Å². The Morgan fingerprint density at radius 3 is 2.57 bits per heavy atom. The summed E-state index contributed by atoms with van der Waals surface area (Å²) in [5.41, 5.74) is 9.49. The number of anilines is 1. The van der Waals surface area contributed by atoms with E-state index >= 15 is 0 Å². The Morgan fingerprint density at radius 1 is 1.07 bits per heavy atom. The lowest BCUT2D eigenvalue weighted by Crippen LogP contribution is -2.38. The predicted octanol–water partition coefficient (Wildman–Crippen LogP) is 2.37. The van der Waals surface area contributed by atoms with Crippen molar-refractivity contribution < 1.29 is 19.7 Å². The number of benzene rings is 2. The van der Waals surface area contributed by atoms with E-state index in [-0.39, 0.29) is 24.9 Å². The van der Waals surface area contributed by atoms with Gasteiger partial charge in [0.15, 0.2) is 6.29 Å². The van der Waals surface area contributed by atoms with Crippen molar-refractivity contribution in [3.63, 3.8) is 0 Å². The van der Waals surface area contributed by atoms with Crippen LogP contribution in [0.5, 0.6) is 0 Å². The standard InChI is InChI=1S/C22H28N2O4/c23-18-3-1-2-17(10-18)22-27-20(13-24-9-8-19(26)12-24)11-21(28-22)16-6-4-15(14-25)5-7-16/h1-7,10,19-22,25-26H,8-9,11-14,23H2/t19-,20+,21-,22?/m1/s1. The summed E-state index contributed by atoms with van der Waals surface area (Å²) in [4.78, 5) is 2.25. The fourth-order valence-electron chi connectivity index (χ4n) is 4.00. The molecule has 28 heavy (non-hydrogen) atoms. The van der Waals surface area contributed by atoms with Crippen molar-refractivity contribution in [1.82, 2.24) is 4.90 Å². The van der Waals surface area contributed by atoms with Crippen LogP contribution in [0.2, 0.25) is 0 Å². The number of nitrogen functional groups attached to an aromatic ring is 1. The molecule has 0 aromatic heterocycles. The molecule has 0 amide bonds. The van der Waals surface area contributed by atoms with Crippen molar-refractivity contribution in [3.8, 4) is 0 Å². The highest BCUT2D eigenvalue weighted by Crippen LogP contribution is 2.38. The van der Waals surface area contributed by atoms with Gasteiger partial charge in [0.1, 0.15) is 0 Å². The third-order valence-corrected chi connectivity index (χ3v) is 5.51. The van der Waals surface area contributed by atoms with Crippen LogP contribution in [0.15, 0.2) is 48.5 Å². The summed E-state index contributed by atoms with van der Waals surface area (Å²) in [6, 6.07) is 15.5. The monoisotopic (exact) mass is 384 g/mol. The molecule has 4 N–H and O–H groups in total. The van der Waals surface area contributed by atoms with Gasteiger partial charge in [-0.05, 0) is 29.7 Å². The molecule has 150 valence electrons. The number of hydrogen-bond acceptors (Lipinski definition) is 6. The number of β-amino-alcohol motifs (C(OH)–C–C–N with tert-alkyl or cyclic N) is 1. The van der Waals surface area contributed by atoms with Crippen molar-refractivity contribution in [2.45, 2.75) is 44.1 Å². The first-order chi connectivity index (χ1) is 13.6. The molecule has 0 radical (unpaired) electrons. The zero-order chi connectivity index (χ0) is 19.5. The third kappa shape index (κ3) is 4.54. The molecular formula is C22H28N2O4. The van der Waals surface area contributed by atoms with E-state index in [2.05, 4.69) is 4.90 Å². The summed E-state index contributed by atoms with van der Waals surface area (Å²) < 4.78 is 12.6. The number of ether oxygens (including phenoxy) is 2. The van der Waals surface area contributed by atoms with Gasteiger partial charge in [-0.1, -0.05) is 36.4 Å². The predicted molar refractivity (Wildman–Crippen MR) is 106 cm³/mol. The lowest BCUT2D eigenvalue weighted by molar-refractivity contribution is -0.252. The largest absolute Gasteiger partial charge is 0.399 e. The summed E-state index contributed by atoms with van der Waals surface area (Å²) >= 11 is 0. The highest BCUT2D eigenvalue weighted by molar-refractivity contribution is 5.41. The minimum absolute atomic E-state index is 0.00648. The van der Waals surface area contributed by atoms with Gasteiger partial charge in [0.05, 0.1) is 24.9 Å². The molecule has 6 heteroatoms. The van der Waals surface area contributed by atoms with Crippen molar-refractivity contribution in [3.05, 3.63) is 65.2 Å². The Morgan fingerprint density at radius 2 is 1.89 bits per heavy atom. The second-order valence-electron chi connectivity index (χ2n) is 7.72. The molecule has 2 aromatic rings. The van der Waals surface area contributed by atoms with Gasteiger partial charge >= 0.3 is 0 Å². The Hall–Kier alpha value is -1.96. The van der Waals surface area contributed by atoms with Gasteiger partial charge in [-0.3, -0.25) is 4.90 Å². The fraction of sp³-hybridized carbons (Fsp3) is 0.455. The maximum atomic E-state index is 9.83. The molecule has 0 aliphatic carbocycles. The number of likely N-dealkylation sites (tertiary alicyclic amines) is 1. The fourth-order valence-corrected chi connectivity index (χ4v) is 4.00. The molecule has 2 fully saturated rings. The molecule has 6 nitrogen and oxygen atoms in total. The number of nitrogens with zero attached hydrogens (tertiary/aromatic N) is 1. The topological polar surface area (TPSA) is 88.2 Å². The average Bonchev–Trinajstić information content (AvgIpc) is 3.12. The first-order valence-corrected chi connectivity index (χ1v) is 9.87. The second kappa shape index (κ2) is 8.59. The van der Waals surface area contributed by atoms with Crippen LogP contribution in [0, 0.1) is 0 Å². The van der Waals surface area contributed by atoms with Crippen LogP contribution in [0.3, 0.4) is 0 Å². The number of aliphatic hydroxyl groups excluding tert-OH is 2.